The number of likely N-dealkylation sites (tertiary alicyclic amines) is 1. The number of guanidine groups is 1. The van der Waals surface area contributed by atoms with Crippen molar-refractivity contribution in [2.45, 2.75) is 57.2 Å². The monoisotopic (exact) mass is 430 g/mol. The van der Waals surface area contributed by atoms with E-state index < -0.39 is 18.1 Å². The number of nitrogens with one attached hydrogen (secondary N) is 2. The number of nitrogens with zero attached hydrogens (tertiary/aromatic N) is 2. The van der Waals surface area contributed by atoms with Gasteiger partial charge in [0.05, 0.1) is 12.1 Å². The van der Waals surface area contributed by atoms with Crippen molar-refractivity contribution in [3.8, 4) is 0 Å². The molecule has 0 aliphatic carbocycles. The molecule has 0 saturated carbocycles. The van der Waals surface area contributed by atoms with Crippen LogP contribution in [0.3, 0.4) is 0 Å². The molecule has 0 spiro atoms. The first-order valence-corrected chi connectivity index (χ1v) is 10.8. The third-order valence-electron chi connectivity index (χ3n) is 5.33. The quantitative estimate of drug-likeness (QED) is 0.158. The highest BCUT2D eigenvalue weighted by Gasteiger charge is 2.37. The van der Waals surface area contributed by atoms with Crippen LogP contribution in [0.5, 0.6) is 0 Å². The van der Waals surface area contributed by atoms with Crippen LogP contribution in [0.15, 0.2) is 35.3 Å². The minimum atomic E-state index is -0.631. The molecule has 1 aliphatic heterocycles. The van der Waals surface area contributed by atoms with E-state index >= 15 is 0 Å². The fourth-order valence-electron chi connectivity index (χ4n) is 3.82. The number of nitrogens with two attached hydrogens (primary N) is 2. The van der Waals surface area contributed by atoms with E-state index in [-0.39, 0.29) is 17.8 Å². The molecule has 9 heteroatoms. The zero-order chi connectivity index (χ0) is 22.6. The Balaban J connectivity index is 1.98. The summed E-state index contributed by atoms with van der Waals surface area (Å²) in [6, 6.07) is 8.21. The number of hydrogen-bond acceptors (Lipinski definition) is 5. The third-order valence-corrected chi connectivity index (χ3v) is 5.33. The summed E-state index contributed by atoms with van der Waals surface area (Å²) in [6.07, 6.45) is 3.60. The Morgan fingerprint density at radius 3 is 2.68 bits per heavy atom. The highest BCUT2D eigenvalue weighted by atomic mass is 16.2. The highest BCUT2D eigenvalue weighted by Crippen LogP contribution is 2.20. The molecule has 1 saturated heterocycles. The Kier molecular flexibility index (Phi) is 9.96. The van der Waals surface area contributed by atoms with E-state index in [1.54, 1.807) is 4.90 Å². The van der Waals surface area contributed by atoms with Gasteiger partial charge in [-0.15, -0.1) is 0 Å². The number of benzene rings is 1. The lowest BCUT2D eigenvalue weighted by molar-refractivity contribution is -0.140. The van der Waals surface area contributed by atoms with Gasteiger partial charge in [0, 0.05) is 13.1 Å². The molecule has 0 aromatic heterocycles. The van der Waals surface area contributed by atoms with Gasteiger partial charge in [-0.05, 0) is 44.2 Å². The Morgan fingerprint density at radius 1 is 1.29 bits per heavy atom. The summed E-state index contributed by atoms with van der Waals surface area (Å²) in [4.78, 5) is 43.0. The standard InChI is InChI=1S/C22H34N6O3/c1-2-25-18(14-16-8-4-3-5-9-16)21(31)28-13-7-11-19(28)20(30)27-17(15-29)10-6-12-26-22(23)24/h3-5,8-9,15,17-19,25H,2,6-7,10-14H2,1H3,(H,27,30)(H4,23,24,26)/t17-,18+,19-/m0/s1. The molecule has 0 unspecified atom stereocenters. The Morgan fingerprint density at radius 2 is 2.03 bits per heavy atom. The van der Waals surface area contributed by atoms with Crippen molar-refractivity contribution in [2.24, 2.45) is 16.5 Å². The van der Waals surface area contributed by atoms with Crippen LogP contribution in [-0.4, -0.2) is 66.7 Å². The van der Waals surface area contributed by atoms with E-state index in [0.717, 1.165) is 12.0 Å². The summed E-state index contributed by atoms with van der Waals surface area (Å²) >= 11 is 0. The molecule has 0 radical (unpaired) electrons. The predicted octanol–water partition coefficient (Wildman–Crippen LogP) is -0.0645. The van der Waals surface area contributed by atoms with Crippen LogP contribution in [0.25, 0.3) is 0 Å². The summed E-state index contributed by atoms with van der Waals surface area (Å²) in [7, 11) is 0. The number of hydrogen-bond donors (Lipinski definition) is 4. The fourth-order valence-corrected chi connectivity index (χ4v) is 3.82. The van der Waals surface area contributed by atoms with E-state index in [2.05, 4.69) is 15.6 Å². The van der Waals surface area contributed by atoms with Crippen molar-refractivity contribution >= 4 is 24.1 Å². The molecule has 2 amide bonds. The van der Waals surface area contributed by atoms with Crippen molar-refractivity contribution in [1.29, 1.82) is 0 Å². The van der Waals surface area contributed by atoms with Gasteiger partial charge in [0.15, 0.2) is 5.96 Å². The molecule has 31 heavy (non-hydrogen) atoms. The fraction of sp³-hybridized carbons (Fsp3) is 0.545. The summed E-state index contributed by atoms with van der Waals surface area (Å²) in [5.74, 6) is -0.379. The van der Waals surface area contributed by atoms with Crippen LogP contribution < -0.4 is 22.1 Å². The van der Waals surface area contributed by atoms with Crippen LogP contribution in [0.1, 0.15) is 38.2 Å². The van der Waals surface area contributed by atoms with Gasteiger partial charge in [-0.2, -0.15) is 0 Å². The second-order valence-corrected chi connectivity index (χ2v) is 7.69. The average molecular weight is 431 g/mol. The number of amides is 2. The highest BCUT2D eigenvalue weighted by molar-refractivity contribution is 5.91. The van der Waals surface area contributed by atoms with E-state index in [1.807, 2.05) is 37.3 Å². The van der Waals surface area contributed by atoms with Gasteiger partial charge >= 0.3 is 0 Å². The molecule has 1 heterocycles. The normalized spacial score (nSPS) is 17.6. The van der Waals surface area contributed by atoms with Gasteiger partial charge in [0.25, 0.3) is 0 Å². The summed E-state index contributed by atoms with van der Waals surface area (Å²) in [5.41, 5.74) is 11.6. The minimum Gasteiger partial charge on any atom is -0.370 e. The predicted molar refractivity (Wildman–Crippen MR) is 120 cm³/mol. The minimum absolute atomic E-state index is 0.00227. The molecule has 6 N–H and O–H groups in total. The molecule has 9 nitrogen and oxygen atoms in total. The smallest absolute Gasteiger partial charge is 0.243 e. The zero-order valence-corrected chi connectivity index (χ0v) is 18.1. The second-order valence-electron chi connectivity index (χ2n) is 7.69. The van der Waals surface area contributed by atoms with Crippen LogP contribution in [-0.2, 0) is 20.8 Å². The Bertz CT molecular complexity index is 751. The first kappa shape index (κ1) is 24.3. The molecule has 1 aromatic rings. The number of aliphatic imine (C=N–C) groups is 1. The molecular weight excluding hydrogens is 396 g/mol. The van der Waals surface area contributed by atoms with Crippen molar-refractivity contribution in [3.63, 3.8) is 0 Å². The van der Waals surface area contributed by atoms with Gasteiger partial charge in [-0.1, -0.05) is 37.3 Å². The molecule has 3 atom stereocenters. The summed E-state index contributed by atoms with van der Waals surface area (Å²) in [6.45, 7) is 3.53. The molecular formula is C22H34N6O3. The topological polar surface area (TPSA) is 143 Å². The molecule has 170 valence electrons. The largest absolute Gasteiger partial charge is 0.370 e. The second kappa shape index (κ2) is 12.7. The summed E-state index contributed by atoms with van der Waals surface area (Å²) < 4.78 is 0. The van der Waals surface area contributed by atoms with E-state index in [1.165, 1.54) is 0 Å². The SMILES string of the molecule is CCN[C@H](Cc1ccccc1)C(=O)N1CCC[C@H]1C(=O)N[C@H](C=O)CCCN=C(N)N. The molecule has 1 aromatic carbocycles. The zero-order valence-electron chi connectivity index (χ0n) is 18.1. The van der Waals surface area contributed by atoms with Crippen molar-refractivity contribution in [1.82, 2.24) is 15.5 Å². The maximum absolute atomic E-state index is 13.3. The van der Waals surface area contributed by atoms with Gasteiger partial charge < -0.3 is 31.8 Å². The van der Waals surface area contributed by atoms with Gasteiger partial charge in [-0.3, -0.25) is 14.6 Å². The lowest BCUT2D eigenvalue weighted by Crippen LogP contribution is -2.54. The van der Waals surface area contributed by atoms with Crippen molar-refractivity contribution < 1.29 is 14.4 Å². The molecule has 2 rings (SSSR count). The van der Waals surface area contributed by atoms with E-state index in [4.69, 9.17) is 11.5 Å². The third kappa shape index (κ3) is 7.67. The number of likely N-dealkylation sites (N-methyl/N-ethyl adjacent to an activating group) is 1. The number of carbonyl (C=O) groups excluding carboxylic acids is 3. The van der Waals surface area contributed by atoms with Crippen molar-refractivity contribution in [3.05, 3.63) is 35.9 Å². The number of rotatable bonds is 12. The molecule has 1 aliphatic rings. The van der Waals surface area contributed by atoms with Crippen molar-refractivity contribution in [2.75, 3.05) is 19.6 Å². The summed E-state index contributed by atoms with van der Waals surface area (Å²) in [5, 5.41) is 6.02. The van der Waals surface area contributed by atoms with Crippen LogP contribution >= 0.6 is 0 Å². The Labute approximate surface area is 183 Å². The van der Waals surface area contributed by atoms with E-state index in [0.29, 0.717) is 51.6 Å². The first-order valence-electron chi connectivity index (χ1n) is 10.8. The average Bonchev–Trinajstić information content (AvgIpc) is 3.25. The van der Waals surface area contributed by atoms with Crippen LogP contribution in [0.4, 0.5) is 0 Å². The lowest BCUT2D eigenvalue weighted by atomic mass is 10.0. The van der Waals surface area contributed by atoms with Gasteiger partial charge in [0.2, 0.25) is 11.8 Å². The maximum Gasteiger partial charge on any atom is 0.243 e. The molecule has 1 fully saturated rings. The van der Waals surface area contributed by atoms with Crippen LogP contribution in [0.2, 0.25) is 0 Å². The van der Waals surface area contributed by atoms with E-state index in [9.17, 15) is 14.4 Å². The lowest BCUT2D eigenvalue weighted by Gasteiger charge is -2.29. The van der Waals surface area contributed by atoms with Gasteiger partial charge in [0.1, 0.15) is 12.3 Å². The maximum atomic E-state index is 13.3. The van der Waals surface area contributed by atoms with Crippen LogP contribution in [0, 0.1) is 0 Å². The number of carbonyl (C=O) groups is 3. The molecule has 0 bridgehead atoms. The number of aldehydes is 1. The van der Waals surface area contributed by atoms with Gasteiger partial charge in [-0.25, -0.2) is 0 Å². The first-order chi connectivity index (χ1) is 15.0. The Hall–Kier alpha value is -2.94.